The summed E-state index contributed by atoms with van der Waals surface area (Å²) >= 11 is 0. The van der Waals surface area contributed by atoms with Crippen LogP contribution in [0.15, 0.2) is 48.5 Å². The number of amides is 3. The van der Waals surface area contributed by atoms with Crippen molar-refractivity contribution in [2.45, 2.75) is 44.1 Å². The van der Waals surface area contributed by atoms with Crippen molar-refractivity contribution >= 4 is 23.3 Å². The Morgan fingerprint density at radius 1 is 1.00 bits per heavy atom. The van der Waals surface area contributed by atoms with Crippen molar-refractivity contribution in [1.82, 2.24) is 5.32 Å². The van der Waals surface area contributed by atoms with E-state index in [1.807, 2.05) is 29.2 Å². The van der Waals surface area contributed by atoms with E-state index in [1.165, 1.54) is 18.2 Å². The fourth-order valence-electron chi connectivity index (χ4n) is 4.30. The highest BCUT2D eigenvalue weighted by Gasteiger charge is 2.45. The highest BCUT2D eigenvalue weighted by atomic mass is 19.1. The molecule has 0 spiro atoms. The molecular weight excluding hydrogens is 357 g/mol. The molecule has 4 rings (SSSR count). The number of hydrogen-bond donors (Lipinski definition) is 2. The average molecular weight is 381 g/mol. The number of fused-ring (bicyclic) bond motifs is 1. The Balaban J connectivity index is 1.55. The molecule has 1 aliphatic carbocycles. The second kappa shape index (κ2) is 7.62. The lowest BCUT2D eigenvalue weighted by Gasteiger charge is -2.39. The fourth-order valence-corrected chi connectivity index (χ4v) is 4.30. The highest BCUT2D eigenvalue weighted by Crippen LogP contribution is 2.35. The summed E-state index contributed by atoms with van der Waals surface area (Å²) in [7, 11) is 0. The number of carbonyl (C=O) groups excluding carboxylic acids is 2. The summed E-state index contributed by atoms with van der Waals surface area (Å²) in [6.07, 6.45) is 4.89. The van der Waals surface area contributed by atoms with Gasteiger partial charge in [-0.25, -0.2) is 9.18 Å². The maximum absolute atomic E-state index is 13.6. The minimum Gasteiger partial charge on any atom is -0.323 e. The third-order valence-electron chi connectivity index (χ3n) is 5.68. The van der Waals surface area contributed by atoms with Crippen LogP contribution in [-0.2, 0) is 11.2 Å². The summed E-state index contributed by atoms with van der Waals surface area (Å²) in [6, 6.07) is 13.2. The SMILES string of the molecule is O=C(Nc1cccc(F)c1)NC1(C(=O)N2CCc3ccccc32)CCCCC1. The Kier molecular flexibility index (Phi) is 5.03. The van der Waals surface area contributed by atoms with Gasteiger partial charge in [0.25, 0.3) is 5.91 Å². The fraction of sp³-hybridized carbons (Fsp3) is 0.364. The van der Waals surface area contributed by atoms with Gasteiger partial charge >= 0.3 is 6.03 Å². The first-order valence-electron chi connectivity index (χ1n) is 9.82. The third-order valence-corrected chi connectivity index (χ3v) is 5.68. The van der Waals surface area contributed by atoms with Crippen LogP contribution in [0.25, 0.3) is 0 Å². The smallest absolute Gasteiger partial charge is 0.320 e. The van der Waals surface area contributed by atoms with Gasteiger partial charge in [-0.1, -0.05) is 43.5 Å². The van der Waals surface area contributed by atoms with E-state index in [-0.39, 0.29) is 5.91 Å². The number of hydrogen-bond acceptors (Lipinski definition) is 2. The van der Waals surface area contributed by atoms with E-state index in [9.17, 15) is 14.0 Å². The second-order valence-electron chi connectivity index (χ2n) is 7.57. The van der Waals surface area contributed by atoms with Gasteiger partial charge in [0.15, 0.2) is 0 Å². The second-order valence-corrected chi connectivity index (χ2v) is 7.57. The van der Waals surface area contributed by atoms with Gasteiger partial charge < -0.3 is 15.5 Å². The van der Waals surface area contributed by atoms with Crippen molar-refractivity contribution in [3.63, 3.8) is 0 Å². The van der Waals surface area contributed by atoms with E-state index < -0.39 is 17.4 Å². The zero-order chi connectivity index (χ0) is 19.6. The molecule has 2 aromatic rings. The topological polar surface area (TPSA) is 61.4 Å². The van der Waals surface area contributed by atoms with Crippen LogP contribution in [0.5, 0.6) is 0 Å². The Morgan fingerprint density at radius 2 is 1.79 bits per heavy atom. The van der Waals surface area contributed by atoms with Gasteiger partial charge in [0, 0.05) is 17.9 Å². The standard InChI is InChI=1S/C22H24FN3O2/c23-17-8-6-9-18(15-17)24-21(28)25-22(12-4-1-5-13-22)20(27)26-14-11-16-7-2-3-10-19(16)26/h2-3,6-10,15H,1,4-5,11-14H2,(H2,24,25,28). The molecular formula is C22H24FN3O2. The molecule has 0 radical (unpaired) electrons. The minimum atomic E-state index is -0.924. The summed E-state index contributed by atoms with van der Waals surface area (Å²) in [6.45, 7) is 0.632. The summed E-state index contributed by atoms with van der Waals surface area (Å²) < 4.78 is 13.4. The maximum Gasteiger partial charge on any atom is 0.320 e. The molecule has 0 saturated heterocycles. The Morgan fingerprint density at radius 3 is 2.57 bits per heavy atom. The van der Waals surface area contributed by atoms with E-state index in [0.29, 0.717) is 25.1 Å². The number of para-hydroxylation sites is 1. The lowest BCUT2D eigenvalue weighted by Crippen LogP contribution is -2.61. The van der Waals surface area contributed by atoms with Crippen LogP contribution in [0.4, 0.5) is 20.6 Å². The number of benzene rings is 2. The van der Waals surface area contributed by atoms with Crippen LogP contribution in [0, 0.1) is 5.82 Å². The first-order valence-corrected chi connectivity index (χ1v) is 9.82. The van der Waals surface area contributed by atoms with Gasteiger partial charge in [0.1, 0.15) is 11.4 Å². The summed E-state index contributed by atoms with van der Waals surface area (Å²) in [5.41, 5.74) is 1.53. The number of halogens is 1. The average Bonchev–Trinajstić information content (AvgIpc) is 3.12. The molecule has 5 nitrogen and oxygen atoms in total. The number of nitrogens with one attached hydrogen (secondary N) is 2. The number of nitrogens with zero attached hydrogens (tertiary/aromatic N) is 1. The highest BCUT2D eigenvalue weighted by molar-refractivity contribution is 6.04. The van der Waals surface area contributed by atoms with Gasteiger partial charge in [-0.15, -0.1) is 0 Å². The quantitative estimate of drug-likeness (QED) is 0.835. The van der Waals surface area contributed by atoms with Crippen molar-refractivity contribution < 1.29 is 14.0 Å². The normalized spacial score (nSPS) is 17.7. The van der Waals surface area contributed by atoms with E-state index in [4.69, 9.17) is 0 Å². The van der Waals surface area contributed by atoms with Crippen molar-refractivity contribution in [3.8, 4) is 0 Å². The molecule has 2 aromatic carbocycles. The molecule has 146 valence electrons. The van der Waals surface area contributed by atoms with Crippen LogP contribution < -0.4 is 15.5 Å². The lowest BCUT2D eigenvalue weighted by molar-refractivity contribution is -0.125. The molecule has 0 aromatic heterocycles. The molecule has 0 atom stereocenters. The van der Waals surface area contributed by atoms with E-state index in [1.54, 1.807) is 6.07 Å². The molecule has 3 amide bonds. The molecule has 1 heterocycles. The Labute approximate surface area is 163 Å². The molecule has 2 aliphatic rings. The molecule has 1 fully saturated rings. The van der Waals surface area contributed by atoms with Crippen molar-refractivity contribution in [3.05, 3.63) is 59.9 Å². The molecule has 1 saturated carbocycles. The first kappa shape index (κ1) is 18.5. The number of urea groups is 1. The summed E-state index contributed by atoms with van der Waals surface area (Å²) in [5.74, 6) is -0.471. The number of rotatable bonds is 3. The predicted molar refractivity (Wildman–Crippen MR) is 107 cm³/mol. The van der Waals surface area contributed by atoms with Crippen molar-refractivity contribution in [2.24, 2.45) is 0 Å². The van der Waals surface area contributed by atoms with Gasteiger partial charge in [0.2, 0.25) is 0 Å². The molecule has 1 aliphatic heterocycles. The number of carbonyl (C=O) groups is 2. The molecule has 0 unspecified atom stereocenters. The van der Waals surface area contributed by atoms with Crippen LogP contribution in [0.2, 0.25) is 0 Å². The maximum atomic E-state index is 13.6. The summed E-state index contributed by atoms with van der Waals surface area (Å²) in [5, 5.41) is 5.60. The molecule has 6 heteroatoms. The molecule has 28 heavy (non-hydrogen) atoms. The van der Waals surface area contributed by atoms with Crippen LogP contribution >= 0.6 is 0 Å². The van der Waals surface area contributed by atoms with Gasteiger partial charge in [-0.05, 0) is 49.1 Å². The minimum absolute atomic E-state index is 0.0495. The van der Waals surface area contributed by atoms with Gasteiger partial charge in [0.05, 0.1) is 0 Å². The van der Waals surface area contributed by atoms with E-state index in [0.717, 1.165) is 36.9 Å². The molecule has 2 N–H and O–H groups in total. The predicted octanol–water partition coefficient (Wildman–Crippen LogP) is 4.24. The van der Waals surface area contributed by atoms with Crippen LogP contribution in [-0.4, -0.2) is 24.0 Å². The van der Waals surface area contributed by atoms with Crippen LogP contribution in [0.3, 0.4) is 0 Å². The Hall–Kier alpha value is -2.89. The van der Waals surface area contributed by atoms with Crippen molar-refractivity contribution in [2.75, 3.05) is 16.8 Å². The summed E-state index contributed by atoms with van der Waals surface area (Å²) in [4.78, 5) is 28.0. The largest absolute Gasteiger partial charge is 0.323 e. The van der Waals surface area contributed by atoms with Crippen LogP contribution in [0.1, 0.15) is 37.7 Å². The lowest BCUT2D eigenvalue weighted by atomic mass is 9.80. The van der Waals surface area contributed by atoms with Gasteiger partial charge in [-0.2, -0.15) is 0 Å². The number of anilines is 2. The zero-order valence-electron chi connectivity index (χ0n) is 15.7. The van der Waals surface area contributed by atoms with E-state index >= 15 is 0 Å². The zero-order valence-corrected chi connectivity index (χ0v) is 15.7. The monoisotopic (exact) mass is 381 g/mol. The third kappa shape index (κ3) is 3.59. The first-order chi connectivity index (χ1) is 13.6. The molecule has 0 bridgehead atoms. The van der Waals surface area contributed by atoms with Gasteiger partial charge in [-0.3, -0.25) is 4.79 Å². The Bertz CT molecular complexity index is 893. The van der Waals surface area contributed by atoms with E-state index in [2.05, 4.69) is 10.6 Å². The van der Waals surface area contributed by atoms with Crippen molar-refractivity contribution in [1.29, 1.82) is 0 Å².